The van der Waals surface area contributed by atoms with Gasteiger partial charge in [0.15, 0.2) is 0 Å². The molecule has 1 aliphatic carbocycles. The van der Waals surface area contributed by atoms with E-state index < -0.39 is 5.91 Å². The van der Waals surface area contributed by atoms with Crippen molar-refractivity contribution in [2.45, 2.75) is 78.8 Å². The van der Waals surface area contributed by atoms with Gasteiger partial charge in [-0.25, -0.2) is 4.79 Å². The predicted molar refractivity (Wildman–Crippen MR) is 167 cm³/mol. The number of hydrogen-bond acceptors (Lipinski definition) is 6. The third-order valence-electron chi connectivity index (χ3n) is 8.55. The maximum absolute atomic E-state index is 13.8. The Morgan fingerprint density at radius 3 is 2.30 bits per heavy atom. The largest absolute Gasteiger partial charge is 0.368 e. The topological polar surface area (TPSA) is 173 Å². The average molecular weight is 603 g/mol. The molecule has 0 atom stereocenters. The van der Waals surface area contributed by atoms with E-state index in [1.165, 1.54) is 4.90 Å². The molecule has 4 rings (SSSR count). The first-order valence-corrected chi connectivity index (χ1v) is 15.1. The van der Waals surface area contributed by atoms with E-state index in [-0.39, 0.29) is 35.3 Å². The number of hydrogen-bond donors (Lipinski definition) is 4. The van der Waals surface area contributed by atoms with Gasteiger partial charge in [-0.2, -0.15) is 5.53 Å². The minimum absolute atomic E-state index is 0.00313. The lowest BCUT2D eigenvalue weighted by Crippen LogP contribution is -2.45. The second kappa shape index (κ2) is 13.8. The van der Waals surface area contributed by atoms with E-state index in [4.69, 9.17) is 11.3 Å². The summed E-state index contributed by atoms with van der Waals surface area (Å²) in [5.41, 5.74) is 14.7. The summed E-state index contributed by atoms with van der Waals surface area (Å²) in [6, 6.07) is 11.4. The van der Waals surface area contributed by atoms with Gasteiger partial charge >= 0.3 is 6.03 Å². The molecular formula is C32H42N8O4. The summed E-state index contributed by atoms with van der Waals surface area (Å²) in [6.07, 6.45) is 5.34. The molecule has 0 radical (unpaired) electrons. The number of guanidine groups is 1. The zero-order chi connectivity index (χ0) is 32.0. The maximum atomic E-state index is 13.8. The highest BCUT2D eigenvalue weighted by molar-refractivity contribution is 6.21. The van der Waals surface area contributed by atoms with Gasteiger partial charge in [0, 0.05) is 30.4 Å². The number of amides is 5. The number of benzene rings is 2. The third-order valence-corrected chi connectivity index (χ3v) is 8.55. The summed E-state index contributed by atoms with van der Waals surface area (Å²) < 4.78 is 0. The number of unbranched alkanes of at least 4 members (excludes halogenated alkanes) is 1. The molecule has 12 heteroatoms. The fraction of sp³-hybridized carbons (Fsp3) is 0.469. The number of imide groups is 1. The molecule has 2 aliphatic rings. The monoisotopic (exact) mass is 602 g/mol. The number of fused-ring (bicyclic) bond motifs is 1. The minimum Gasteiger partial charge on any atom is -0.368 e. The van der Waals surface area contributed by atoms with E-state index >= 15 is 0 Å². The van der Waals surface area contributed by atoms with Crippen LogP contribution in [0.5, 0.6) is 0 Å². The van der Waals surface area contributed by atoms with Crippen LogP contribution in [-0.4, -0.2) is 52.1 Å². The van der Waals surface area contributed by atoms with Crippen molar-refractivity contribution in [3.8, 4) is 0 Å². The van der Waals surface area contributed by atoms with E-state index in [1.54, 1.807) is 42.5 Å². The molecule has 12 nitrogen and oxygen atoms in total. The number of carbonyl (C=O) groups excluding carboxylic acids is 4. The molecule has 2 aromatic carbocycles. The van der Waals surface area contributed by atoms with Crippen molar-refractivity contribution in [3.63, 3.8) is 0 Å². The van der Waals surface area contributed by atoms with Crippen LogP contribution in [0.15, 0.2) is 52.8 Å². The molecule has 44 heavy (non-hydrogen) atoms. The Morgan fingerprint density at radius 1 is 1.02 bits per heavy atom. The summed E-state index contributed by atoms with van der Waals surface area (Å²) in [5, 5.41) is 11.4. The summed E-state index contributed by atoms with van der Waals surface area (Å²) in [4.78, 5) is 55.1. The van der Waals surface area contributed by atoms with Crippen LogP contribution >= 0.6 is 0 Å². The standard InChI is InChI=1S/C32H42N8O4/c1-5-6-17-39-28(42)25-16-13-23(18-26(25)29(39)43)35-31(44)40(24-14-11-22(12-15-24)32(2,3)4)19-20-7-9-21(10-8-20)27(41)36-30(33)37-38-34/h7-10,13,16,18,22,24H,5-6,11-12,14-15,17,19H2,1-4H3,(H,35,44)(H4,33,34,36,37,41). The van der Waals surface area contributed by atoms with Crippen LogP contribution in [0.2, 0.25) is 0 Å². The zero-order valence-electron chi connectivity index (χ0n) is 25.9. The van der Waals surface area contributed by atoms with Gasteiger partial charge in [0.25, 0.3) is 17.7 Å². The maximum Gasteiger partial charge on any atom is 0.322 e. The summed E-state index contributed by atoms with van der Waals surface area (Å²) in [5.74, 6) is -0.843. The quantitative estimate of drug-likeness (QED) is 0.0944. The zero-order valence-corrected chi connectivity index (χ0v) is 25.9. The van der Waals surface area contributed by atoms with Gasteiger partial charge in [-0.15, -0.1) is 0 Å². The summed E-state index contributed by atoms with van der Waals surface area (Å²) >= 11 is 0. The van der Waals surface area contributed by atoms with Gasteiger partial charge in [0.1, 0.15) is 0 Å². The lowest BCUT2D eigenvalue weighted by atomic mass is 9.71. The molecule has 0 unspecified atom stereocenters. The van der Waals surface area contributed by atoms with Gasteiger partial charge in [0.05, 0.1) is 11.1 Å². The molecule has 5 N–H and O–H groups in total. The number of rotatable bonds is 9. The van der Waals surface area contributed by atoms with Crippen molar-refractivity contribution in [1.29, 1.82) is 5.53 Å². The number of nitrogens with one attached hydrogen (secondary N) is 3. The van der Waals surface area contributed by atoms with Gasteiger partial charge in [-0.3, -0.25) is 24.6 Å². The first-order valence-electron chi connectivity index (χ1n) is 15.1. The molecule has 0 bridgehead atoms. The second-order valence-electron chi connectivity index (χ2n) is 12.5. The predicted octanol–water partition coefficient (Wildman–Crippen LogP) is 5.71. The normalized spacial score (nSPS) is 18.5. The highest BCUT2D eigenvalue weighted by Crippen LogP contribution is 2.39. The number of anilines is 1. The fourth-order valence-corrected chi connectivity index (χ4v) is 5.93. The van der Waals surface area contributed by atoms with Crippen LogP contribution in [0.1, 0.15) is 103 Å². The Balaban J connectivity index is 1.52. The van der Waals surface area contributed by atoms with Crippen molar-refractivity contribution in [2.24, 2.45) is 27.4 Å². The smallest absolute Gasteiger partial charge is 0.322 e. The highest BCUT2D eigenvalue weighted by Gasteiger charge is 2.36. The fourth-order valence-electron chi connectivity index (χ4n) is 5.93. The van der Waals surface area contributed by atoms with Crippen molar-refractivity contribution in [2.75, 3.05) is 11.9 Å². The SMILES string of the molecule is CCCCN1C(=O)c2ccc(NC(=O)N(Cc3ccc(C(=O)NC(N)=NN=N)cc3)C3CCC(C(C)(C)C)CC3)cc2C1=O. The first-order chi connectivity index (χ1) is 20.9. The Kier molecular flexibility index (Phi) is 10.1. The molecule has 0 spiro atoms. The molecule has 5 amide bonds. The van der Waals surface area contributed by atoms with E-state index in [0.29, 0.717) is 41.4 Å². The number of urea groups is 1. The van der Waals surface area contributed by atoms with E-state index in [1.807, 2.05) is 11.8 Å². The van der Waals surface area contributed by atoms with E-state index in [0.717, 1.165) is 44.1 Å². The van der Waals surface area contributed by atoms with Gasteiger partial charge in [-0.1, -0.05) is 51.3 Å². The lowest BCUT2D eigenvalue weighted by Gasteiger charge is -2.41. The van der Waals surface area contributed by atoms with E-state index in [9.17, 15) is 19.2 Å². The van der Waals surface area contributed by atoms with Crippen molar-refractivity contribution in [3.05, 3.63) is 64.7 Å². The Hall–Kier alpha value is -4.61. The van der Waals surface area contributed by atoms with Gasteiger partial charge in [-0.05, 0) is 84.6 Å². The second-order valence-corrected chi connectivity index (χ2v) is 12.5. The number of carbonyl (C=O) groups is 4. The van der Waals surface area contributed by atoms with Crippen LogP contribution in [0.25, 0.3) is 0 Å². The Labute approximate surface area is 257 Å². The molecule has 1 saturated carbocycles. The molecule has 2 aromatic rings. The lowest BCUT2D eigenvalue weighted by molar-refractivity contribution is 0.0651. The third kappa shape index (κ3) is 7.47. The van der Waals surface area contributed by atoms with Crippen LogP contribution in [-0.2, 0) is 6.54 Å². The molecule has 1 aliphatic heterocycles. The number of nitrogens with two attached hydrogens (primary N) is 1. The van der Waals surface area contributed by atoms with Crippen LogP contribution in [0.4, 0.5) is 10.5 Å². The van der Waals surface area contributed by atoms with Crippen LogP contribution in [0, 0.1) is 16.9 Å². The molecule has 1 heterocycles. The van der Waals surface area contributed by atoms with Crippen LogP contribution < -0.4 is 16.4 Å². The Bertz CT molecular complexity index is 1440. The highest BCUT2D eigenvalue weighted by atomic mass is 16.2. The average Bonchev–Trinajstić information content (AvgIpc) is 3.22. The van der Waals surface area contributed by atoms with Gasteiger partial charge < -0.3 is 16.0 Å². The molecular weight excluding hydrogens is 560 g/mol. The van der Waals surface area contributed by atoms with Gasteiger partial charge in [0.2, 0.25) is 5.96 Å². The molecule has 234 valence electrons. The van der Waals surface area contributed by atoms with Crippen LogP contribution in [0.3, 0.4) is 0 Å². The van der Waals surface area contributed by atoms with Crippen molar-refractivity contribution < 1.29 is 19.2 Å². The molecule has 0 saturated heterocycles. The summed E-state index contributed by atoms with van der Waals surface area (Å²) in [7, 11) is 0. The van der Waals surface area contributed by atoms with Crippen molar-refractivity contribution >= 4 is 35.4 Å². The first kappa shape index (κ1) is 32.3. The molecule has 0 aromatic heterocycles. The number of nitrogens with zero attached hydrogens (tertiary/aromatic N) is 4. The Morgan fingerprint density at radius 2 is 1.68 bits per heavy atom. The minimum atomic E-state index is -0.491. The molecule has 1 fully saturated rings. The summed E-state index contributed by atoms with van der Waals surface area (Å²) in [6.45, 7) is 9.45. The van der Waals surface area contributed by atoms with E-state index in [2.05, 4.69) is 41.7 Å². The van der Waals surface area contributed by atoms with Crippen molar-refractivity contribution in [1.82, 2.24) is 15.1 Å².